The van der Waals surface area contributed by atoms with Crippen molar-refractivity contribution in [2.45, 2.75) is 25.5 Å². The summed E-state index contributed by atoms with van der Waals surface area (Å²) in [6.45, 7) is 2.53. The summed E-state index contributed by atoms with van der Waals surface area (Å²) < 4.78 is 34.5. The minimum Gasteiger partial charge on any atom is -0.496 e. The van der Waals surface area contributed by atoms with Gasteiger partial charge >= 0.3 is 0 Å². The number of nitrogens with zero attached hydrogens (tertiary/aromatic N) is 4. The van der Waals surface area contributed by atoms with E-state index in [0.29, 0.717) is 62.1 Å². The highest BCUT2D eigenvalue weighted by molar-refractivity contribution is 7.91. The molecule has 0 saturated carbocycles. The largest absolute Gasteiger partial charge is 0.496 e. The van der Waals surface area contributed by atoms with Crippen molar-refractivity contribution in [2.75, 3.05) is 55.1 Å². The molecule has 2 aliphatic heterocycles. The Morgan fingerprint density at radius 1 is 1.11 bits per heavy atom. The quantitative estimate of drug-likeness (QED) is 0.520. The van der Waals surface area contributed by atoms with Crippen molar-refractivity contribution < 1.29 is 23.0 Å². The summed E-state index contributed by atoms with van der Waals surface area (Å²) in [6, 6.07) is 9.47. The highest BCUT2D eigenvalue weighted by Gasteiger charge is 2.25. The fourth-order valence-corrected chi connectivity index (χ4v) is 6.01. The molecular weight excluding hydrogens is 470 g/mol. The van der Waals surface area contributed by atoms with Crippen LogP contribution in [-0.4, -0.2) is 79.4 Å². The molecule has 0 unspecified atom stereocenters. The molecule has 0 radical (unpaired) electrons. The van der Waals surface area contributed by atoms with E-state index in [4.69, 9.17) is 24.4 Å². The first-order valence-corrected chi connectivity index (χ1v) is 13.5. The molecule has 2 N–H and O–H groups in total. The third kappa shape index (κ3) is 5.16. The predicted octanol–water partition coefficient (Wildman–Crippen LogP) is 2.02. The summed E-state index contributed by atoms with van der Waals surface area (Å²) >= 11 is 0. The second-order valence-corrected chi connectivity index (χ2v) is 11.1. The second-order valence-electron chi connectivity index (χ2n) is 8.79. The number of aliphatic hydroxyl groups is 1. The van der Waals surface area contributed by atoms with E-state index in [1.54, 1.807) is 7.11 Å². The number of aliphatic hydroxyl groups excluding tert-OH is 1. The number of rotatable bonds is 6. The molecule has 0 amide bonds. The Labute approximate surface area is 204 Å². The van der Waals surface area contributed by atoms with Crippen molar-refractivity contribution in [3.63, 3.8) is 0 Å². The molecule has 10 nitrogen and oxygen atoms in total. The van der Waals surface area contributed by atoms with Crippen LogP contribution in [0.3, 0.4) is 0 Å². The predicted molar refractivity (Wildman–Crippen MR) is 134 cm³/mol. The minimum atomic E-state index is -2.96. The molecule has 2 aliphatic rings. The number of nitrogens with one attached hydrogen (secondary N) is 1. The number of hydrogen-bond donors (Lipinski definition) is 2. The lowest BCUT2D eigenvalue weighted by atomic mass is 10.1. The number of anilines is 2. The molecule has 11 heteroatoms. The SMILES string of the molecule is COc1ccc(-c2ccc3c(N4CCOCC4)nc(NC4CCS(=O)(=O)CC4)nc3n2)cc1CO. The van der Waals surface area contributed by atoms with Gasteiger partial charge in [0.25, 0.3) is 0 Å². The number of ether oxygens (including phenoxy) is 2. The monoisotopic (exact) mass is 499 g/mol. The molecule has 0 bridgehead atoms. The van der Waals surface area contributed by atoms with E-state index in [1.165, 1.54) is 0 Å². The number of hydrogen-bond acceptors (Lipinski definition) is 10. The van der Waals surface area contributed by atoms with Crippen molar-refractivity contribution in [2.24, 2.45) is 0 Å². The van der Waals surface area contributed by atoms with E-state index in [0.717, 1.165) is 22.5 Å². The van der Waals surface area contributed by atoms with E-state index in [-0.39, 0.29) is 24.2 Å². The van der Waals surface area contributed by atoms with Gasteiger partial charge in [0.15, 0.2) is 5.65 Å². The van der Waals surface area contributed by atoms with E-state index in [1.807, 2.05) is 30.3 Å². The maximum absolute atomic E-state index is 11.8. The molecule has 4 heterocycles. The summed E-state index contributed by atoms with van der Waals surface area (Å²) in [4.78, 5) is 16.5. The topological polar surface area (TPSA) is 127 Å². The van der Waals surface area contributed by atoms with Crippen LogP contribution in [0.1, 0.15) is 18.4 Å². The highest BCUT2D eigenvalue weighted by Crippen LogP contribution is 2.30. The molecule has 2 aromatic heterocycles. The standard InChI is InChI=1S/C24H29N5O5S/c1-33-21-5-2-16(14-17(21)15-30)20-4-3-19-22(26-20)27-24(25-18-6-12-35(31,32)13-7-18)28-23(19)29-8-10-34-11-9-29/h2-5,14,18,30H,6-13,15H2,1H3,(H,25,26,27,28). The minimum absolute atomic E-state index is 0.00889. The van der Waals surface area contributed by atoms with Gasteiger partial charge in [-0.2, -0.15) is 9.97 Å². The second kappa shape index (κ2) is 9.92. The van der Waals surface area contributed by atoms with Gasteiger partial charge in [-0.25, -0.2) is 13.4 Å². The summed E-state index contributed by atoms with van der Waals surface area (Å²) in [6.07, 6.45) is 1.06. The molecule has 0 spiro atoms. The first kappa shape index (κ1) is 23.7. The van der Waals surface area contributed by atoms with Crippen LogP contribution in [0.25, 0.3) is 22.3 Å². The Morgan fingerprint density at radius 2 is 1.89 bits per heavy atom. The molecule has 2 fully saturated rings. The smallest absolute Gasteiger partial charge is 0.226 e. The molecule has 35 heavy (non-hydrogen) atoms. The fraction of sp³-hybridized carbons (Fsp3) is 0.458. The number of fused-ring (bicyclic) bond motifs is 1. The average Bonchev–Trinajstić information content (AvgIpc) is 2.89. The normalized spacial score (nSPS) is 18.5. The third-order valence-corrected chi connectivity index (χ3v) is 8.20. The van der Waals surface area contributed by atoms with Crippen molar-refractivity contribution in [3.8, 4) is 17.0 Å². The number of pyridine rings is 1. The fourth-order valence-electron chi connectivity index (χ4n) is 4.51. The van der Waals surface area contributed by atoms with Crippen LogP contribution in [-0.2, 0) is 21.2 Å². The molecule has 186 valence electrons. The number of methoxy groups -OCH3 is 1. The first-order valence-electron chi connectivity index (χ1n) is 11.7. The van der Waals surface area contributed by atoms with Crippen molar-refractivity contribution >= 4 is 32.6 Å². The van der Waals surface area contributed by atoms with Gasteiger partial charge in [-0.15, -0.1) is 0 Å². The Bertz CT molecular complexity index is 1310. The zero-order valence-corrected chi connectivity index (χ0v) is 20.4. The van der Waals surface area contributed by atoms with E-state index in [9.17, 15) is 13.5 Å². The lowest BCUT2D eigenvalue weighted by Gasteiger charge is -2.29. The van der Waals surface area contributed by atoms with Crippen LogP contribution in [0.15, 0.2) is 30.3 Å². The zero-order valence-electron chi connectivity index (χ0n) is 19.6. The van der Waals surface area contributed by atoms with Gasteiger partial charge in [0.2, 0.25) is 5.95 Å². The first-order chi connectivity index (χ1) is 17.0. The highest BCUT2D eigenvalue weighted by atomic mass is 32.2. The van der Waals surface area contributed by atoms with Crippen molar-refractivity contribution in [1.29, 1.82) is 0 Å². The van der Waals surface area contributed by atoms with Crippen molar-refractivity contribution in [3.05, 3.63) is 35.9 Å². The van der Waals surface area contributed by atoms with Crippen molar-refractivity contribution in [1.82, 2.24) is 15.0 Å². The Kier molecular flexibility index (Phi) is 6.72. The molecule has 0 aliphatic carbocycles. The van der Waals surface area contributed by atoms with Crippen LogP contribution in [0.5, 0.6) is 5.75 Å². The van der Waals surface area contributed by atoms with Crippen LogP contribution in [0.4, 0.5) is 11.8 Å². The summed E-state index contributed by atoms with van der Waals surface area (Å²) in [5, 5.41) is 13.9. The lowest BCUT2D eigenvalue weighted by molar-refractivity contribution is 0.122. The van der Waals surface area contributed by atoms with Gasteiger partial charge < -0.3 is 24.8 Å². The number of benzene rings is 1. The third-order valence-electron chi connectivity index (χ3n) is 6.48. The van der Waals surface area contributed by atoms with Crippen LogP contribution in [0, 0.1) is 0 Å². The van der Waals surface area contributed by atoms with Gasteiger partial charge in [-0.3, -0.25) is 0 Å². The van der Waals surface area contributed by atoms with Gasteiger partial charge in [0.05, 0.1) is 49.5 Å². The van der Waals surface area contributed by atoms with Gasteiger partial charge in [0, 0.05) is 30.3 Å². The molecule has 1 aromatic carbocycles. The summed E-state index contributed by atoms with van der Waals surface area (Å²) in [5.41, 5.74) is 2.79. The average molecular weight is 500 g/mol. The molecular formula is C24H29N5O5S. The van der Waals surface area contributed by atoms with E-state index < -0.39 is 9.84 Å². The van der Waals surface area contributed by atoms with Gasteiger partial charge in [0.1, 0.15) is 21.4 Å². The maximum atomic E-state index is 11.8. The number of sulfone groups is 1. The van der Waals surface area contributed by atoms with Gasteiger partial charge in [-0.1, -0.05) is 0 Å². The molecule has 2 saturated heterocycles. The number of morpholine rings is 1. The van der Waals surface area contributed by atoms with Gasteiger partial charge in [-0.05, 0) is 43.2 Å². The summed E-state index contributed by atoms with van der Waals surface area (Å²) in [5.74, 6) is 2.19. The van der Waals surface area contributed by atoms with E-state index in [2.05, 4.69) is 10.2 Å². The maximum Gasteiger partial charge on any atom is 0.226 e. The molecule has 3 aromatic rings. The Morgan fingerprint density at radius 3 is 2.60 bits per heavy atom. The van der Waals surface area contributed by atoms with Crippen LogP contribution < -0.4 is 15.0 Å². The molecule has 0 atom stereocenters. The summed E-state index contributed by atoms with van der Waals surface area (Å²) in [7, 11) is -1.38. The molecule has 5 rings (SSSR count). The lowest BCUT2D eigenvalue weighted by Crippen LogP contribution is -2.37. The Balaban J connectivity index is 1.53. The number of aromatic nitrogens is 3. The van der Waals surface area contributed by atoms with Crippen LogP contribution >= 0.6 is 0 Å². The van der Waals surface area contributed by atoms with E-state index >= 15 is 0 Å². The van der Waals surface area contributed by atoms with Crippen LogP contribution in [0.2, 0.25) is 0 Å². The zero-order chi connectivity index (χ0) is 24.4. The Hall–Kier alpha value is -3.02.